The summed E-state index contributed by atoms with van der Waals surface area (Å²) in [6.45, 7) is 1.35. The Labute approximate surface area is 147 Å². The normalized spacial score (nSPS) is 10.3. The summed E-state index contributed by atoms with van der Waals surface area (Å²) in [4.78, 5) is 27.7. The maximum absolute atomic E-state index is 13.9. The van der Waals surface area contributed by atoms with Crippen LogP contribution in [0.5, 0.6) is 0 Å². The molecular formula is C18H14FN3O2S. The van der Waals surface area contributed by atoms with E-state index in [0.717, 1.165) is 5.56 Å². The summed E-state index contributed by atoms with van der Waals surface area (Å²) in [7, 11) is 0. The lowest BCUT2D eigenvalue weighted by molar-refractivity contribution is -0.114. The highest BCUT2D eigenvalue weighted by atomic mass is 32.1. The van der Waals surface area contributed by atoms with Gasteiger partial charge < -0.3 is 10.6 Å². The van der Waals surface area contributed by atoms with Crippen LogP contribution in [0.3, 0.4) is 0 Å². The number of nitrogens with one attached hydrogen (secondary N) is 2. The van der Waals surface area contributed by atoms with E-state index in [-0.39, 0.29) is 17.3 Å². The Morgan fingerprint density at radius 3 is 2.56 bits per heavy atom. The molecular weight excluding hydrogens is 341 g/mol. The molecule has 2 N–H and O–H groups in total. The summed E-state index contributed by atoms with van der Waals surface area (Å²) < 4.78 is 13.9. The van der Waals surface area contributed by atoms with E-state index in [2.05, 4.69) is 15.6 Å². The van der Waals surface area contributed by atoms with Crippen LogP contribution < -0.4 is 10.6 Å². The van der Waals surface area contributed by atoms with Gasteiger partial charge in [-0.05, 0) is 18.2 Å². The third-order valence-corrected chi connectivity index (χ3v) is 4.18. The number of hydrogen-bond acceptors (Lipinski definition) is 4. The van der Waals surface area contributed by atoms with Gasteiger partial charge in [0.25, 0.3) is 5.91 Å². The van der Waals surface area contributed by atoms with Crippen molar-refractivity contribution in [1.29, 1.82) is 0 Å². The Bertz CT molecular complexity index is 925. The molecule has 2 aromatic carbocycles. The molecule has 0 atom stereocenters. The van der Waals surface area contributed by atoms with Crippen LogP contribution in [0.25, 0.3) is 10.6 Å². The smallest absolute Gasteiger partial charge is 0.275 e. The molecule has 5 nitrogen and oxygen atoms in total. The summed E-state index contributed by atoms with van der Waals surface area (Å²) in [6.07, 6.45) is 0. The Morgan fingerprint density at radius 2 is 1.84 bits per heavy atom. The highest BCUT2D eigenvalue weighted by molar-refractivity contribution is 7.13. The van der Waals surface area contributed by atoms with E-state index in [0.29, 0.717) is 10.7 Å². The number of rotatable bonds is 4. The van der Waals surface area contributed by atoms with Gasteiger partial charge in [0, 0.05) is 23.6 Å². The molecule has 3 aromatic rings. The van der Waals surface area contributed by atoms with Crippen molar-refractivity contribution in [1.82, 2.24) is 4.98 Å². The molecule has 1 heterocycles. The molecule has 0 saturated carbocycles. The van der Waals surface area contributed by atoms with Crippen molar-refractivity contribution >= 4 is 34.5 Å². The second-order valence-corrected chi connectivity index (χ2v) is 6.09. The number of aromatic nitrogens is 1. The van der Waals surface area contributed by atoms with Crippen LogP contribution in [0.15, 0.2) is 53.9 Å². The first kappa shape index (κ1) is 16.8. The summed E-state index contributed by atoms with van der Waals surface area (Å²) >= 11 is 1.33. The second kappa shape index (κ2) is 7.23. The number of amides is 2. The predicted octanol–water partition coefficient (Wildman–Crippen LogP) is 4.16. The van der Waals surface area contributed by atoms with Crippen molar-refractivity contribution in [2.75, 3.05) is 10.6 Å². The van der Waals surface area contributed by atoms with Gasteiger partial charge in [0.15, 0.2) is 0 Å². The van der Waals surface area contributed by atoms with Gasteiger partial charge in [-0.2, -0.15) is 0 Å². The van der Waals surface area contributed by atoms with Crippen LogP contribution in [-0.4, -0.2) is 16.8 Å². The average Bonchev–Trinajstić information content (AvgIpc) is 3.08. The molecule has 25 heavy (non-hydrogen) atoms. The zero-order chi connectivity index (χ0) is 17.8. The largest absolute Gasteiger partial charge is 0.326 e. The minimum absolute atomic E-state index is 0.0227. The maximum atomic E-state index is 13.9. The number of anilines is 2. The van der Waals surface area contributed by atoms with E-state index < -0.39 is 11.7 Å². The third kappa shape index (κ3) is 4.07. The lowest BCUT2D eigenvalue weighted by Crippen LogP contribution is -2.14. The quantitative estimate of drug-likeness (QED) is 0.738. The Kier molecular flexibility index (Phi) is 4.85. The van der Waals surface area contributed by atoms with E-state index >= 15 is 0 Å². The molecule has 126 valence electrons. The highest BCUT2D eigenvalue weighted by Crippen LogP contribution is 2.25. The molecule has 0 unspecified atom stereocenters. The van der Waals surface area contributed by atoms with Crippen molar-refractivity contribution in [3.63, 3.8) is 0 Å². The van der Waals surface area contributed by atoms with Gasteiger partial charge in [0.2, 0.25) is 5.91 Å². The van der Waals surface area contributed by atoms with E-state index in [9.17, 15) is 14.0 Å². The number of thiazole rings is 1. The monoisotopic (exact) mass is 355 g/mol. The lowest BCUT2D eigenvalue weighted by atomic mass is 10.2. The van der Waals surface area contributed by atoms with Crippen LogP contribution in [0.1, 0.15) is 17.4 Å². The minimum atomic E-state index is -0.596. The fourth-order valence-electron chi connectivity index (χ4n) is 2.18. The van der Waals surface area contributed by atoms with E-state index in [1.165, 1.54) is 36.5 Å². The van der Waals surface area contributed by atoms with Crippen molar-refractivity contribution in [3.8, 4) is 10.6 Å². The highest BCUT2D eigenvalue weighted by Gasteiger charge is 2.14. The van der Waals surface area contributed by atoms with Gasteiger partial charge in [0.05, 0.1) is 5.69 Å². The van der Waals surface area contributed by atoms with Crippen LogP contribution in [-0.2, 0) is 4.79 Å². The van der Waals surface area contributed by atoms with Gasteiger partial charge in [-0.15, -0.1) is 11.3 Å². The van der Waals surface area contributed by atoms with E-state index in [1.54, 1.807) is 5.38 Å². The first-order valence-corrected chi connectivity index (χ1v) is 8.30. The SMILES string of the molecule is CC(=O)Nc1ccc(F)c(NC(=O)c2csc(-c3ccccc3)n2)c1. The standard InChI is InChI=1S/C18H14FN3O2S/c1-11(23)20-13-7-8-14(19)15(9-13)21-17(24)16-10-25-18(22-16)12-5-3-2-4-6-12/h2-10H,1H3,(H,20,23)(H,21,24). The number of benzene rings is 2. The lowest BCUT2D eigenvalue weighted by Gasteiger charge is -2.08. The number of halogens is 1. The molecule has 0 fully saturated rings. The molecule has 0 radical (unpaired) electrons. The molecule has 2 amide bonds. The third-order valence-electron chi connectivity index (χ3n) is 3.29. The van der Waals surface area contributed by atoms with Gasteiger partial charge in [0.1, 0.15) is 16.5 Å². The molecule has 0 bridgehead atoms. The molecule has 7 heteroatoms. The van der Waals surface area contributed by atoms with E-state index in [1.807, 2.05) is 30.3 Å². The summed E-state index contributed by atoms with van der Waals surface area (Å²) in [6, 6.07) is 13.4. The van der Waals surface area contributed by atoms with Crippen LogP contribution in [0.2, 0.25) is 0 Å². The molecule has 0 aliphatic carbocycles. The Morgan fingerprint density at radius 1 is 1.08 bits per heavy atom. The summed E-state index contributed by atoms with van der Waals surface area (Å²) in [5.74, 6) is -1.39. The first-order valence-electron chi connectivity index (χ1n) is 7.42. The van der Waals surface area contributed by atoms with Gasteiger partial charge >= 0.3 is 0 Å². The van der Waals surface area contributed by atoms with Crippen LogP contribution in [0.4, 0.5) is 15.8 Å². The molecule has 3 rings (SSSR count). The molecule has 0 spiro atoms. The summed E-state index contributed by atoms with van der Waals surface area (Å²) in [5.41, 5.74) is 1.48. The number of carbonyl (C=O) groups excluding carboxylic acids is 2. The van der Waals surface area contributed by atoms with Crippen LogP contribution >= 0.6 is 11.3 Å². The Balaban J connectivity index is 1.79. The Hall–Kier alpha value is -3.06. The van der Waals surface area contributed by atoms with Gasteiger partial charge in [-0.25, -0.2) is 9.37 Å². The van der Waals surface area contributed by atoms with Crippen molar-refractivity contribution in [2.24, 2.45) is 0 Å². The number of carbonyl (C=O) groups is 2. The zero-order valence-electron chi connectivity index (χ0n) is 13.2. The average molecular weight is 355 g/mol. The maximum Gasteiger partial charge on any atom is 0.275 e. The van der Waals surface area contributed by atoms with Crippen molar-refractivity contribution < 1.29 is 14.0 Å². The molecule has 0 aliphatic rings. The van der Waals surface area contributed by atoms with Gasteiger partial charge in [-0.1, -0.05) is 30.3 Å². The minimum Gasteiger partial charge on any atom is -0.326 e. The first-order chi connectivity index (χ1) is 12.0. The number of hydrogen-bond donors (Lipinski definition) is 2. The van der Waals surface area contributed by atoms with Crippen molar-refractivity contribution in [3.05, 3.63) is 65.4 Å². The topological polar surface area (TPSA) is 71.1 Å². The fourth-order valence-corrected chi connectivity index (χ4v) is 2.99. The second-order valence-electron chi connectivity index (χ2n) is 5.23. The molecule has 1 aromatic heterocycles. The molecule has 0 aliphatic heterocycles. The van der Waals surface area contributed by atoms with E-state index in [4.69, 9.17) is 0 Å². The number of nitrogens with zero attached hydrogens (tertiary/aromatic N) is 1. The summed E-state index contributed by atoms with van der Waals surface area (Å²) in [5, 5.41) is 7.35. The predicted molar refractivity (Wildman–Crippen MR) is 96.2 cm³/mol. The van der Waals surface area contributed by atoms with Crippen molar-refractivity contribution in [2.45, 2.75) is 6.92 Å². The zero-order valence-corrected chi connectivity index (χ0v) is 14.1. The molecule has 0 saturated heterocycles. The van der Waals surface area contributed by atoms with Gasteiger partial charge in [-0.3, -0.25) is 9.59 Å². The van der Waals surface area contributed by atoms with Crippen LogP contribution in [0, 0.1) is 5.82 Å². The fraction of sp³-hybridized carbons (Fsp3) is 0.0556.